The van der Waals surface area contributed by atoms with Crippen LogP contribution in [0.4, 0.5) is 15.9 Å². The number of hydrogen-bond donors (Lipinski definition) is 2. The van der Waals surface area contributed by atoms with Gasteiger partial charge in [0.2, 0.25) is 0 Å². The summed E-state index contributed by atoms with van der Waals surface area (Å²) >= 11 is 5.34. The lowest BCUT2D eigenvalue weighted by Gasteiger charge is -2.13. The van der Waals surface area contributed by atoms with Gasteiger partial charge in [0, 0.05) is 23.9 Å². The van der Waals surface area contributed by atoms with E-state index in [0.717, 1.165) is 0 Å². The Labute approximate surface area is 161 Å². The molecule has 0 fully saturated rings. The summed E-state index contributed by atoms with van der Waals surface area (Å²) in [5, 5.41) is 10.8. The molecule has 0 saturated heterocycles. The summed E-state index contributed by atoms with van der Waals surface area (Å²) in [4.78, 5) is 0. The van der Waals surface area contributed by atoms with Crippen molar-refractivity contribution >= 4 is 28.8 Å². The highest BCUT2D eigenvalue weighted by Gasteiger charge is 2.09. The maximum atomic E-state index is 13.8. The normalized spacial score (nSPS) is 10.3. The number of ether oxygens (including phenoxy) is 2. The van der Waals surface area contributed by atoms with E-state index in [4.69, 9.17) is 21.7 Å². The van der Waals surface area contributed by atoms with Gasteiger partial charge in [-0.2, -0.15) is 5.10 Å². The number of aromatic nitrogens is 2. The first kappa shape index (κ1) is 18.7. The lowest BCUT2D eigenvalue weighted by atomic mass is 10.2. The standard InChI is InChI=1S/C19H19FN4O2S/c1-25-14-7-8-17(26-2)16(11-14)21-19(27)22-18-9-10-24(23-18)12-13-5-3-4-6-15(13)20/h3-11H,12H2,1-2H3,(H2,21,22,23,27). The van der Waals surface area contributed by atoms with E-state index in [2.05, 4.69) is 15.7 Å². The van der Waals surface area contributed by atoms with E-state index in [9.17, 15) is 4.39 Å². The molecular weight excluding hydrogens is 367 g/mol. The van der Waals surface area contributed by atoms with Gasteiger partial charge >= 0.3 is 0 Å². The summed E-state index contributed by atoms with van der Waals surface area (Å²) in [5.74, 6) is 1.59. The third-order valence-electron chi connectivity index (χ3n) is 3.83. The second kappa shape index (κ2) is 8.50. The van der Waals surface area contributed by atoms with Crippen molar-refractivity contribution in [2.45, 2.75) is 6.54 Å². The fourth-order valence-electron chi connectivity index (χ4n) is 2.50. The Kier molecular flexibility index (Phi) is 5.87. The highest BCUT2D eigenvalue weighted by atomic mass is 32.1. The highest BCUT2D eigenvalue weighted by molar-refractivity contribution is 7.80. The van der Waals surface area contributed by atoms with E-state index in [0.29, 0.717) is 40.2 Å². The fraction of sp³-hybridized carbons (Fsp3) is 0.158. The van der Waals surface area contributed by atoms with E-state index in [1.165, 1.54) is 6.07 Å². The van der Waals surface area contributed by atoms with Crippen molar-refractivity contribution in [1.29, 1.82) is 0 Å². The topological polar surface area (TPSA) is 60.3 Å². The summed E-state index contributed by atoms with van der Waals surface area (Å²) < 4.78 is 25.9. The van der Waals surface area contributed by atoms with E-state index in [-0.39, 0.29) is 5.82 Å². The fourth-order valence-corrected chi connectivity index (χ4v) is 2.71. The molecule has 27 heavy (non-hydrogen) atoms. The highest BCUT2D eigenvalue weighted by Crippen LogP contribution is 2.29. The molecule has 2 N–H and O–H groups in total. The molecular formula is C19H19FN4O2S. The summed E-state index contributed by atoms with van der Waals surface area (Å²) in [6.45, 7) is 0.332. The Morgan fingerprint density at radius 2 is 1.93 bits per heavy atom. The second-order valence-corrected chi connectivity index (χ2v) is 6.04. The predicted octanol–water partition coefficient (Wildman–Crippen LogP) is 3.90. The lowest BCUT2D eigenvalue weighted by Crippen LogP contribution is -2.20. The van der Waals surface area contributed by atoms with E-state index < -0.39 is 0 Å². The number of anilines is 2. The average Bonchev–Trinajstić information content (AvgIpc) is 3.10. The number of hydrogen-bond acceptors (Lipinski definition) is 4. The molecule has 0 spiro atoms. The van der Waals surface area contributed by atoms with Crippen LogP contribution in [-0.4, -0.2) is 29.1 Å². The van der Waals surface area contributed by atoms with Gasteiger partial charge in [-0.15, -0.1) is 0 Å². The first-order valence-corrected chi connectivity index (χ1v) is 8.57. The second-order valence-electron chi connectivity index (χ2n) is 5.64. The Morgan fingerprint density at radius 3 is 2.67 bits per heavy atom. The zero-order chi connectivity index (χ0) is 19.2. The molecule has 0 saturated carbocycles. The quantitative estimate of drug-likeness (QED) is 0.627. The van der Waals surface area contributed by atoms with Gasteiger partial charge in [-0.1, -0.05) is 18.2 Å². The summed E-state index contributed by atoms with van der Waals surface area (Å²) in [5.41, 5.74) is 1.23. The zero-order valence-electron chi connectivity index (χ0n) is 14.9. The van der Waals surface area contributed by atoms with E-state index in [1.807, 2.05) is 0 Å². The van der Waals surface area contributed by atoms with Crippen molar-refractivity contribution in [3.63, 3.8) is 0 Å². The van der Waals surface area contributed by atoms with Crippen molar-refractivity contribution in [2.75, 3.05) is 24.9 Å². The van der Waals surface area contributed by atoms with Crippen molar-refractivity contribution in [3.8, 4) is 11.5 Å². The van der Waals surface area contributed by atoms with Gasteiger partial charge < -0.3 is 20.1 Å². The monoisotopic (exact) mass is 386 g/mol. The molecule has 6 nitrogen and oxygen atoms in total. The summed E-state index contributed by atoms with van der Waals surface area (Å²) in [6, 6.07) is 13.7. The molecule has 0 radical (unpaired) electrons. The van der Waals surface area contributed by atoms with Gasteiger partial charge in [0.15, 0.2) is 10.9 Å². The van der Waals surface area contributed by atoms with Crippen LogP contribution in [0.3, 0.4) is 0 Å². The third kappa shape index (κ3) is 4.73. The van der Waals surface area contributed by atoms with Crippen LogP contribution in [-0.2, 0) is 6.54 Å². The lowest BCUT2D eigenvalue weighted by molar-refractivity contribution is 0.405. The minimum atomic E-state index is -0.259. The molecule has 2 aromatic carbocycles. The SMILES string of the molecule is COc1ccc(OC)c(NC(=S)Nc2ccn(Cc3ccccc3F)n2)c1. The van der Waals surface area contributed by atoms with Crippen molar-refractivity contribution in [1.82, 2.24) is 9.78 Å². The number of thiocarbonyl (C=S) groups is 1. The molecule has 1 heterocycles. The van der Waals surface area contributed by atoms with Crippen LogP contribution in [0, 0.1) is 5.82 Å². The van der Waals surface area contributed by atoms with Crippen LogP contribution in [0.5, 0.6) is 11.5 Å². The van der Waals surface area contributed by atoms with Gasteiger partial charge in [-0.25, -0.2) is 4.39 Å². The van der Waals surface area contributed by atoms with Crippen LogP contribution in [0.2, 0.25) is 0 Å². The minimum Gasteiger partial charge on any atom is -0.497 e. The van der Waals surface area contributed by atoms with Crippen molar-refractivity contribution in [3.05, 3.63) is 66.1 Å². The molecule has 0 aliphatic carbocycles. The molecule has 140 valence electrons. The molecule has 0 atom stereocenters. The van der Waals surface area contributed by atoms with Gasteiger partial charge in [0.25, 0.3) is 0 Å². The van der Waals surface area contributed by atoms with Gasteiger partial charge in [-0.3, -0.25) is 4.68 Å². The number of nitrogens with zero attached hydrogens (tertiary/aromatic N) is 2. The Hall–Kier alpha value is -3.13. The molecule has 1 aromatic heterocycles. The van der Waals surface area contributed by atoms with Crippen LogP contribution in [0.1, 0.15) is 5.56 Å². The molecule has 0 bridgehead atoms. The Bertz CT molecular complexity index is 945. The predicted molar refractivity (Wildman–Crippen MR) is 107 cm³/mol. The molecule has 8 heteroatoms. The maximum Gasteiger partial charge on any atom is 0.176 e. The van der Waals surface area contributed by atoms with Crippen LogP contribution < -0.4 is 20.1 Å². The molecule has 0 aliphatic rings. The van der Waals surface area contributed by atoms with Gasteiger partial charge in [0.1, 0.15) is 17.3 Å². The van der Waals surface area contributed by atoms with Crippen molar-refractivity contribution < 1.29 is 13.9 Å². The van der Waals surface area contributed by atoms with Crippen LogP contribution in [0.15, 0.2) is 54.7 Å². The first-order valence-electron chi connectivity index (χ1n) is 8.16. The van der Waals surface area contributed by atoms with Crippen molar-refractivity contribution in [2.24, 2.45) is 0 Å². The summed E-state index contributed by atoms with van der Waals surface area (Å²) in [7, 11) is 3.16. The first-order chi connectivity index (χ1) is 13.1. The molecule has 0 aliphatic heterocycles. The minimum absolute atomic E-state index is 0.259. The van der Waals surface area contributed by atoms with Crippen LogP contribution in [0.25, 0.3) is 0 Å². The molecule has 0 amide bonds. The number of benzene rings is 2. The van der Waals surface area contributed by atoms with Crippen LogP contribution >= 0.6 is 12.2 Å². The molecule has 0 unspecified atom stereocenters. The Balaban J connectivity index is 1.65. The summed E-state index contributed by atoms with van der Waals surface area (Å²) in [6.07, 6.45) is 1.75. The zero-order valence-corrected chi connectivity index (χ0v) is 15.7. The van der Waals surface area contributed by atoms with Gasteiger partial charge in [-0.05, 0) is 30.4 Å². The third-order valence-corrected chi connectivity index (χ3v) is 4.03. The maximum absolute atomic E-state index is 13.8. The molecule has 3 rings (SSSR count). The number of halogens is 1. The van der Waals surface area contributed by atoms with E-state index in [1.54, 1.807) is 67.6 Å². The van der Waals surface area contributed by atoms with Gasteiger partial charge in [0.05, 0.1) is 26.5 Å². The number of nitrogens with one attached hydrogen (secondary N) is 2. The van der Waals surface area contributed by atoms with E-state index >= 15 is 0 Å². The number of methoxy groups -OCH3 is 2. The smallest absolute Gasteiger partial charge is 0.176 e. The largest absolute Gasteiger partial charge is 0.497 e. The Morgan fingerprint density at radius 1 is 1.11 bits per heavy atom. The number of rotatable bonds is 6. The molecule has 3 aromatic rings. The average molecular weight is 386 g/mol.